The van der Waals surface area contributed by atoms with E-state index in [0.717, 1.165) is 5.56 Å². The Morgan fingerprint density at radius 3 is 2.61 bits per heavy atom. The third-order valence-corrected chi connectivity index (χ3v) is 3.54. The summed E-state index contributed by atoms with van der Waals surface area (Å²) in [6.07, 6.45) is 5.36. The summed E-state index contributed by atoms with van der Waals surface area (Å²) in [4.78, 5) is 16.1. The molecule has 1 heterocycles. The molecule has 0 aliphatic heterocycles. The van der Waals surface area contributed by atoms with Crippen molar-refractivity contribution in [2.24, 2.45) is 0 Å². The summed E-state index contributed by atoms with van der Waals surface area (Å²) in [5.74, 6) is -0.536. The molecule has 4 nitrogen and oxygen atoms in total. The monoisotopic (exact) mass is 309 g/mol. The van der Waals surface area contributed by atoms with E-state index in [4.69, 9.17) is 0 Å². The van der Waals surface area contributed by atoms with Crippen LogP contribution in [0.25, 0.3) is 0 Å². The number of nitrogens with zero attached hydrogens (tertiary/aromatic N) is 2. The van der Waals surface area contributed by atoms with Crippen molar-refractivity contribution in [3.63, 3.8) is 0 Å². The number of benzene rings is 2. The lowest BCUT2D eigenvalue weighted by Gasteiger charge is -2.07. The maximum Gasteiger partial charge on any atom is 0.251 e. The second kappa shape index (κ2) is 6.87. The van der Waals surface area contributed by atoms with Crippen molar-refractivity contribution in [1.82, 2.24) is 14.9 Å². The fourth-order valence-electron chi connectivity index (χ4n) is 2.27. The molecule has 0 bridgehead atoms. The molecule has 1 N–H and O–H groups in total. The Balaban J connectivity index is 1.60. The predicted molar refractivity (Wildman–Crippen MR) is 85.3 cm³/mol. The number of hydrogen-bond acceptors (Lipinski definition) is 2. The molecule has 0 fully saturated rings. The van der Waals surface area contributed by atoms with Crippen LogP contribution in [0.1, 0.15) is 21.5 Å². The van der Waals surface area contributed by atoms with Crippen molar-refractivity contribution in [2.75, 3.05) is 0 Å². The summed E-state index contributed by atoms with van der Waals surface area (Å²) in [7, 11) is 0. The van der Waals surface area contributed by atoms with Crippen LogP contribution in [-0.4, -0.2) is 15.5 Å². The quantitative estimate of drug-likeness (QED) is 0.787. The maximum atomic E-state index is 13.5. The fraction of sp³-hybridized carbons (Fsp3) is 0.111. The summed E-state index contributed by atoms with van der Waals surface area (Å²) < 4.78 is 15.5. The van der Waals surface area contributed by atoms with Crippen LogP contribution in [-0.2, 0) is 13.1 Å². The summed E-state index contributed by atoms with van der Waals surface area (Å²) in [5.41, 5.74) is 2.10. The molecule has 0 saturated heterocycles. The SMILES string of the molecule is O=C(NCc1ccccc1F)c1ccc(Cn2ccnc2)cc1. The zero-order valence-electron chi connectivity index (χ0n) is 12.4. The van der Waals surface area contributed by atoms with Crippen molar-refractivity contribution < 1.29 is 9.18 Å². The number of halogens is 1. The minimum atomic E-state index is -0.316. The van der Waals surface area contributed by atoms with E-state index < -0.39 is 0 Å². The van der Waals surface area contributed by atoms with Gasteiger partial charge in [-0.25, -0.2) is 9.37 Å². The third kappa shape index (κ3) is 3.83. The number of hydrogen-bond donors (Lipinski definition) is 1. The topological polar surface area (TPSA) is 46.9 Å². The van der Waals surface area contributed by atoms with Gasteiger partial charge in [0.05, 0.1) is 6.33 Å². The zero-order chi connectivity index (χ0) is 16.1. The molecule has 0 radical (unpaired) electrons. The first-order valence-electron chi connectivity index (χ1n) is 7.28. The highest BCUT2D eigenvalue weighted by molar-refractivity contribution is 5.94. The van der Waals surface area contributed by atoms with Gasteiger partial charge in [0.1, 0.15) is 5.82 Å². The Morgan fingerprint density at radius 2 is 1.91 bits per heavy atom. The summed E-state index contributed by atoms with van der Waals surface area (Å²) >= 11 is 0. The third-order valence-electron chi connectivity index (χ3n) is 3.54. The molecule has 0 spiro atoms. The first kappa shape index (κ1) is 15.0. The highest BCUT2D eigenvalue weighted by Gasteiger charge is 2.07. The number of nitrogens with one attached hydrogen (secondary N) is 1. The molecule has 116 valence electrons. The molecule has 3 aromatic rings. The molecular weight excluding hydrogens is 293 g/mol. The van der Waals surface area contributed by atoms with E-state index in [0.29, 0.717) is 17.7 Å². The zero-order valence-corrected chi connectivity index (χ0v) is 12.4. The number of rotatable bonds is 5. The average Bonchev–Trinajstić information content (AvgIpc) is 3.07. The van der Waals surface area contributed by atoms with E-state index in [-0.39, 0.29) is 18.3 Å². The van der Waals surface area contributed by atoms with Gasteiger partial charge in [-0.2, -0.15) is 0 Å². The Hall–Kier alpha value is -2.95. The number of aromatic nitrogens is 2. The first-order valence-corrected chi connectivity index (χ1v) is 7.28. The summed E-state index contributed by atoms with van der Waals surface area (Å²) in [6.45, 7) is 0.874. The second-order valence-corrected chi connectivity index (χ2v) is 5.21. The molecule has 2 aromatic carbocycles. The number of imidazole rings is 1. The van der Waals surface area contributed by atoms with Gasteiger partial charge in [0.2, 0.25) is 0 Å². The van der Waals surface area contributed by atoms with Crippen molar-refractivity contribution in [1.29, 1.82) is 0 Å². The lowest BCUT2D eigenvalue weighted by atomic mass is 10.1. The van der Waals surface area contributed by atoms with Gasteiger partial charge in [-0.1, -0.05) is 30.3 Å². The van der Waals surface area contributed by atoms with Crippen LogP contribution < -0.4 is 5.32 Å². The van der Waals surface area contributed by atoms with E-state index >= 15 is 0 Å². The van der Waals surface area contributed by atoms with Crippen molar-refractivity contribution >= 4 is 5.91 Å². The van der Waals surface area contributed by atoms with E-state index in [2.05, 4.69) is 10.3 Å². The van der Waals surface area contributed by atoms with Gasteiger partial charge in [-0.15, -0.1) is 0 Å². The number of amides is 1. The second-order valence-electron chi connectivity index (χ2n) is 5.21. The van der Waals surface area contributed by atoms with Crippen LogP contribution in [0.2, 0.25) is 0 Å². The van der Waals surface area contributed by atoms with Crippen LogP contribution in [0.4, 0.5) is 4.39 Å². The molecule has 5 heteroatoms. The van der Waals surface area contributed by atoms with Gasteiger partial charge < -0.3 is 9.88 Å². The molecule has 1 aromatic heterocycles. The molecule has 1 amide bonds. The van der Waals surface area contributed by atoms with Gasteiger partial charge >= 0.3 is 0 Å². The number of carbonyl (C=O) groups is 1. The van der Waals surface area contributed by atoms with E-state index in [1.165, 1.54) is 6.07 Å². The molecule has 0 saturated carbocycles. The summed E-state index contributed by atoms with van der Waals surface area (Å²) in [6, 6.07) is 13.7. The van der Waals surface area contributed by atoms with Gasteiger partial charge in [-0.3, -0.25) is 4.79 Å². The molecular formula is C18H16FN3O. The molecule has 23 heavy (non-hydrogen) atoms. The van der Waals surface area contributed by atoms with E-state index in [9.17, 15) is 9.18 Å². The van der Waals surface area contributed by atoms with Crippen molar-refractivity contribution in [3.05, 3.63) is 89.8 Å². The summed E-state index contributed by atoms with van der Waals surface area (Å²) in [5, 5.41) is 2.73. The van der Waals surface area contributed by atoms with Gasteiger partial charge in [-0.05, 0) is 23.8 Å². The largest absolute Gasteiger partial charge is 0.348 e. The van der Waals surface area contributed by atoms with Crippen molar-refractivity contribution in [2.45, 2.75) is 13.1 Å². The highest BCUT2D eigenvalue weighted by atomic mass is 19.1. The van der Waals surface area contributed by atoms with Gasteiger partial charge in [0.15, 0.2) is 0 Å². The predicted octanol–water partition coefficient (Wildman–Crippen LogP) is 3.00. The number of carbonyl (C=O) groups excluding carboxylic acids is 1. The van der Waals surface area contributed by atoms with E-state index in [1.54, 1.807) is 42.9 Å². The lowest BCUT2D eigenvalue weighted by Crippen LogP contribution is -2.23. The smallest absolute Gasteiger partial charge is 0.251 e. The maximum absolute atomic E-state index is 13.5. The molecule has 0 aliphatic carbocycles. The average molecular weight is 309 g/mol. The van der Waals surface area contributed by atoms with Crippen molar-refractivity contribution in [3.8, 4) is 0 Å². The Morgan fingerprint density at radius 1 is 1.13 bits per heavy atom. The Bertz CT molecular complexity index is 782. The standard InChI is InChI=1S/C18H16FN3O/c19-17-4-2-1-3-16(17)11-21-18(23)15-7-5-14(6-8-15)12-22-10-9-20-13-22/h1-10,13H,11-12H2,(H,21,23). The first-order chi connectivity index (χ1) is 11.2. The minimum Gasteiger partial charge on any atom is -0.348 e. The molecule has 3 rings (SSSR count). The lowest BCUT2D eigenvalue weighted by molar-refractivity contribution is 0.0950. The molecule has 0 aliphatic rings. The van der Waals surface area contributed by atoms with Gasteiger partial charge in [0, 0.05) is 36.6 Å². The van der Waals surface area contributed by atoms with Crippen LogP contribution in [0.5, 0.6) is 0 Å². The Kier molecular flexibility index (Phi) is 4.47. The van der Waals surface area contributed by atoms with Crippen LogP contribution in [0, 0.1) is 5.82 Å². The molecule has 0 atom stereocenters. The van der Waals surface area contributed by atoms with Gasteiger partial charge in [0.25, 0.3) is 5.91 Å². The Labute approximate surface area is 133 Å². The highest BCUT2D eigenvalue weighted by Crippen LogP contribution is 2.08. The van der Waals surface area contributed by atoms with Crippen LogP contribution in [0.15, 0.2) is 67.3 Å². The van der Waals surface area contributed by atoms with Crippen LogP contribution >= 0.6 is 0 Å². The normalized spacial score (nSPS) is 10.5. The van der Waals surface area contributed by atoms with E-state index in [1.807, 2.05) is 22.9 Å². The molecule has 0 unspecified atom stereocenters. The van der Waals surface area contributed by atoms with Crippen LogP contribution in [0.3, 0.4) is 0 Å². The minimum absolute atomic E-state index is 0.169. The fourth-order valence-corrected chi connectivity index (χ4v) is 2.27.